The van der Waals surface area contributed by atoms with Gasteiger partial charge in [-0.2, -0.15) is 5.10 Å². The van der Waals surface area contributed by atoms with Crippen LogP contribution in [0.15, 0.2) is 18.3 Å². The van der Waals surface area contributed by atoms with Crippen molar-refractivity contribution in [3.8, 4) is 0 Å². The van der Waals surface area contributed by atoms with Gasteiger partial charge in [0.25, 0.3) is 0 Å². The van der Waals surface area contributed by atoms with Crippen molar-refractivity contribution >= 4 is 17.2 Å². The molecule has 2 heterocycles. The summed E-state index contributed by atoms with van der Waals surface area (Å²) < 4.78 is 1.62. The average molecular weight is 197 g/mol. The molecule has 68 valence electrons. The first-order valence-electron chi connectivity index (χ1n) is 3.95. The summed E-state index contributed by atoms with van der Waals surface area (Å²) in [5.41, 5.74) is 1.60. The molecule has 0 atom stereocenters. The lowest BCUT2D eigenvalue weighted by atomic mass is 10.5. The zero-order valence-electron chi connectivity index (χ0n) is 7.16. The Hall–Kier alpha value is -1.13. The molecule has 0 fully saturated rings. The molecule has 2 aromatic rings. The van der Waals surface area contributed by atoms with Gasteiger partial charge in [-0.3, -0.25) is 0 Å². The SMILES string of the molecule is CNCc1nc2cccnn2c1Cl. The lowest BCUT2D eigenvalue weighted by Crippen LogP contribution is -2.05. The molecule has 0 aliphatic rings. The van der Waals surface area contributed by atoms with E-state index in [1.165, 1.54) is 0 Å². The number of imidazole rings is 1. The number of hydrogen-bond acceptors (Lipinski definition) is 3. The van der Waals surface area contributed by atoms with Crippen molar-refractivity contribution in [1.82, 2.24) is 19.9 Å². The van der Waals surface area contributed by atoms with Crippen LogP contribution in [0.4, 0.5) is 0 Å². The van der Waals surface area contributed by atoms with Gasteiger partial charge in [-0.1, -0.05) is 11.6 Å². The normalized spacial score (nSPS) is 10.9. The minimum Gasteiger partial charge on any atom is -0.314 e. The van der Waals surface area contributed by atoms with Gasteiger partial charge in [-0.15, -0.1) is 0 Å². The van der Waals surface area contributed by atoms with Crippen LogP contribution in [0, 0.1) is 0 Å². The summed E-state index contributed by atoms with van der Waals surface area (Å²) in [5.74, 6) is 0. The number of aromatic nitrogens is 3. The molecule has 5 heteroatoms. The molecule has 0 aliphatic carbocycles. The van der Waals surface area contributed by atoms with Crippen molar-refractivity contribution in [2.45, 2.75) is 6.54 Å². The molecular formula is C8H9ClN4. The smallest absolute Gasteiger partial charge is 0.155 e. The highest BCUT2D eigenvalue weighted by atomic mass is 35.5. The predicted octanol–water partition coefficient (Wildman–Crippen LogP) is 1.10. The minimum atomic E-state index is 0.574. The molecule has 2 aromatic heterocycles. The summed E-state index contributed by atoms with van der Waals surface area (Å²) in [4.78, 5) is 4.31. The molecule has 0 aromatic carbocycles. The summed E-state index contributed by atoms with van der Waals surface area (Å²) in [5, 5.41) is 7.65. The maximum Gasteiger partial charge on any atom is 0.155 e. The van der Waals surface area contributed by atoms with Crippen LogP contribution in [-0.4, -0.2) is 21.6 Å². The molecule has 0 unspecified atom stereocenters. The van der Waals surface area contributed by atoms with Crippen LogP contribution < -0.4 is 5.32 Å². The van der Waals surface area contributed by atoms with E-state index in [4.69, 9.17) is 11.6 Å². The largest absolute Gasteiger partial charge is 0.314 e. The first-order valence-corrected chi connectivity index (χ1v) is 4.33. The van der Waals surface area contributed by atoms with E-state index in [9.17, 15) is 0 Å². The van der Waals surface area contributed by atoms with Gasteiger partial charge in [0.2, 0.25) is 0 Å². The maximum atomic E-state index is 6.03. The molecule has 0 aliphatic heterocycles. The Morgan fingerprint density at radius 2 is 2.46 bits per heavy atom. The molecule has 0 bridgehead atoms. The third-order valence-electron chi connectivity index (χ3n) is 1.75. The van der Waals surface area contributed by atoms with Gasteiger partial charge in [0.15, 0.2) is 10.8 Å². The van der Waals surface area contributed by atoms with Gasteiger partial charge in [0.05, 0.1) is 5.69 Å². The quantitative estimate of drug-likeness (QED) is 0.782. The van der Waals surface area contributed by atoms with Crippen molar-refractivity contribution in [1.29, 1.82) is 0 Å². The molecular weight excluding hydrogens is 188 g/mol. The predicted molar refractivity (Wildman–Crippen MR) is 50.8 cm³/mol. The summed E-state index contributed by atoms with van der Waals surface area (Å²) in [7, 11) is 1.85. The van der Waals surface area contributed by atoms with Gasteiger partial charge in [0.1, 0.15) is 0 Å². The Morgan fingerprint density at radius 3 is 3.15 bits per heavy atom. The Labute approximate surface area is 80.5 Å². The molecule has 13 heavy (non-hydrogen) atoms. The van der Waals surface area contributed by atoms with Crippen LogP contribution in [0.2, 0.25) is 5.15 Å². The van der Waals surface area contributed by atoms with Crippen molar-refractivity contribution in [2.24, 2.45) is 0 Å². The Bertz CT molecular complexity index is 423. The van der Waals surface area contributed by atoms with Crippen molar-refractivity contribution in [3.05, 3.63) is 29.2 Å². The summed E-state index contributed by atoms with van der Waals surface area (Å²) in [6.45, 7) is 0.655. The van der Waals surface area contributed by atoms with E-state index in [2.05, 4.69) is 15.4 Å². The number of nitrogens with zero attached hydrogens (tertiary/aromatic N) is 3. The highest BCUT2D eigenvalue weighted by Gasteiger charge is 2.08. The van der Waals surface area contributed by atoms with Gasteiger partial charge < -0.3 is 5.32 Å². The van der Waals surface area contributed by atoms with Crippen molar-refractivity contribution in [2.75, 3.05) is 7.05 Å². The van der Waals surface area contributed by atoms with E-state index in [1.807, 2.05) is 19.2 Å². The van der Waals surface area contributed by atoms with E-state index < -0.39 is 0 Å². The molecule has 1 N–H and O–H groups in total. The molecule has 0 spiro atoms. The number of halogens is 1. The molecule has 4 nitrogen and oxygen atoms in total. The van der Waals surface area contributed by atoms with Gasteiger partial charge in [-0.25, -0.2) is 9.50 Å². The van der Waals surface area contributed by atoms with Crippen LogP contribution in [0.25, 0.3) is 5.65 Å². The number of hydrogen-bond donors (Lipinski definition) is 1. The van der Waals surface area contributed by atoms with Crippen LogP contribution in [-0.2, 0) is 6.54 Å². The summed E-state index contributed by atoms with van der Waals surface area (Å²) >= 11 is 6.03. The standard InChI is InChI=1S/C8H9ClN4/c1-10-5-6-8(9)13-7(12-6)3-2-4-11-13/h2-4,10H,5H2,1H3. The first-order chi connectivity index (χ1) is 6.33. The second-order valence-electron chi connectivity index (χ2n) is 2.67. The van der Waals surface area contributed by atoms with E-state index in [1.54, 1.807) is 10.7 Å². The number of fused-ring (bicyclic) bond motifs is 1. The van der Waals surface area contributed by atoms with Crippen molar-refractivity contribution < 1.29 is 0 Å². The molecule has 0 saturated carbocycles. The fourth-order valence-electron chi connectivity index (χ4n) is 1.19. The maximum absolute atomic E-state index is 6.03. The number of nitrogens with one attached hydrogen (secondary N) is 1. The molecule has 2 rings (SSSR count). The van der Waals surface area contributed by atoms with Gasteiger partial charge in [-0.05, 0) is 19.2 Å². The topological polar surface area (TPSA) is 42.2 Å². The van der Waals surface area contributed by atoms with Crippen LogP contribution in [0.3, 0.4) is 0 Å². The van der Waals surface area contributed by atoms with Crippen LogP contribution in [0.5, 0.6) is 0 Å². The van der Waals surface area contributed by atoms with Crippen LogP contribution >= 0.6 is 11.6 Å². The Kier molecular flexibility index (Phi) is 2.16. The Balaban J connectivity index is 2.60. The lowest BCUT2D eigenvalue weighted by molar-refractivity contribution is 0.796. The van der Waals surface area contributed by atoms with E-state index in [0.717, 1.165) is 11.3 Å². The summed E-state index contributed by atoms with van der Waals surface area (Å²) in [6, 6.07) is 3.71. The molecule has 0 saturated heterocycles. The van der Waals surface area contributed by atoms with E-state index in [0.29, 0.717) is 11.7 Å². The third-order valence-corrected chi connectivity index (χ3v) is 2.13. The Morgan fingerprint density at radius 1 is 1.62 bits per heavy atom. The second-order valence-corrected chi connectivity index (χ2v) is 3.03. The van der Waals surface area contributed by atoms with E-state index in [-0.39, 0.29) is 0 Å². The monoisotopic (exact) mass is 196 g/mol. The third kappa shape index (κ3) is 1.38. The second kappa shape index (κ2) is 3.32. The molecule has 0 amide bonds. The first kappa shape index (κ1) is 8.47. The van der Waals surface area contributed by atoms with Crippen molar-refractivity contribution in [3.63, 3.8) is 0 Å². The van der Waals surface area contributed by atoms with Crippen LogP contribution in [0.1, 0.15) is 5.69 Å². The fourth-order valence-corrected chi connectivity index (χ4v) is 1.43. The zero-order valence-corrected chi connectivity index (χ0v) is 7.91. The highest BCUT2D eigenvalue weighted by molar-refractivity contribution is 6.30. The fraction of sp³-hybridized carbons (Fsp3) is 0.250. The lowest BCUT2D eigenvalue weighted by Gasteiger charge is -1.93. The van der Waals surface area contributed by atoms with Gasteiger partial charge in [0, 0.05) is 12.7 Å². The zero-order chi connectivity index (χ0) is 9.26. The average Bonchev–Trinajstić information content (AvgIpc) is 2.46. The van der Waals surface area contributed by atoms with E-state index >= 15 is 0 Å². The minimum absolute atomic E-state index is 0.574. The molecule has 0 radical (unpaired) electrons. The number of rotatable bonds is 2. The highest BCUT2D eigenvalue weighted by Crippen LogP contribution is 2.15. The van der Waals surface area contributed by atoms with Gasteiger partial charge >= 0.3 is 0 Å². The summed E-state index contributed by atoms with van der Waals surface area (Å²) in [6.07, 6.45) is 1.68.